The van der Waals surface area contributed by atoms with Crippen molar-refractivity contribution >= 4 is 27.5 Å². The Morgan fingerprint density at radius 2 is 1.49 bits per heavy atom. The Morgan fingerprint density at radius 1 is 0.897 bits per heavy atom. The van der Waals surface area contributed by atoms with Crippen molar-refractivity contribution in [3.8, 4) is 0 Å². The van der Waals surface area contributed by atoms with Gasteiger partial charge in [-0.25, -0.2) is 12.8 Å². The van der Waals surface area contributed by atoms with Gasteiger partial charge in [0.2, 0.25) is 11.8 Å². The summed E-state index contributed by atoms with van der Waals surface area (Å²) in [4.78, 5) is 28.5. The number of nitrogens with zero attached hydrogens (tertiary/aromatic N) is 2. The number of carbonyl (C=O) groups is 2. The van der Waals surface area contributed by atoms with Crippen molar-refractivity contribution in [2.75, 3.05) is 23.9 Å². The Morgan fingerprint density at radius 3 is 2.05 bits per heavy atom. The number of anilines is 1. The standard InChI is InChI=1S/C30H36FN3O4S/c1-4-28(30(36)32-21-23(2)3)33(20-19-24-11-7-5-8-12-24)29(35)22-34(26-17-15-25(31)16-18-26)39(37,38)27-13-9-6-10-14-27/h5-18,23,28H,4,19-22H2,1-3H3,(H,32,36)/t28-/m0/s1. The molecular weight excluding hydrogens is 517 g/mol. The van der Waals surface area contributed by atoms with Gasteiger partial charge >= 0.3 is 0 Å². The number of hydrogen-bond donors (Lipinski definition) is 1. The second-order valence-electron chi connectivity index (χ2n) is 9.69. The molecule has 0 bridgehead atoms. The number of sulfonamides is 1. The summed E-state index contributed by atoms with van der Waals surface area (Å²) in [6.45, 7) is 5.91. The molecule has 1 N–H and O–H groups in total. The van der Waals surface area contributed by atoms with Crippen molar-refractivity contribution in [2.24, 2.45) is 5.92 Å². The molecule has 3 rings (SSSR count). The minimum Gasteiger partial charge on any atom is -0.354 e. The molecule has 2 amide bonds. The fourth-order valence-electron chi connectivity index (χ4n) is 4.17. The summed E-state index contributed by atoms with van der Waals surface area (Å²) in [5, 5.41) is 2.91. The van der Waals surface area contributed by atoms with Gasteiger partial charge in [-0.1, -0.05) is 69.3 Å². The van der Waals surface area contributed by atoms with E-state index in [-0.39, 0.29) is 29.0 Å². The molecule has 0 radical (unpaired) electrons. The molecule has 1 atom stereocenters. The molecule has 0 unspecified atom stereocenters. The SMILES string of the molecule is CC[C@@H](C(=O)NCC(C)C)N(CCc1ccccc1)C(=O)CN(c1ccc(F)cc1)S(=O)(=O)c1ccccc1. The summed E-state index contributed by atoms with van der Waals surface area (Å²) < 4.78 is 42.1. The van der Waals surface area contributed by atoms with Gasteiger partial charge in [-0.15, -0.1) is 0 Å². The molecule has 0 heterocycles. The van der Waals surface area contributed by atoms with Crippen LogP contribution in [0.25, 0.3) is 0 Å². The Kier molecular flexibility index (Phi) is 10.6. The summed E-state index contributed by atoms with van der Waals surface area (Å²) in [6.07, 6.45) is 0.842. The highest BCUT2D eigenvalue weighted by molar-refractivity contribution is 7.92. The fraction of sp³-hybridized carbons (Fsp3) is 0.333. The van der Waals surface area contributed by atoms with E-state index in [1.807, 2.05) is 51.1 Å². The first kappa shape index (κ1) is 29.8. The van der Waals surface area contributed by atoms with Crippen LogP contribution in [0.5, 0.6) is 0 Å². The van der Waals surface area contributed by atoms with E-state index in [0.29, 0.717) is 19.4 Å². The minimum atomic E-state index is -4.17. The van der Waals surface area contributed by atoms with Crippen LogP contribution in [-0.2, 0) is 26.0 Å². The molecule has 7 nitrogen and oxygen atoms in total. The van der Waals surface area contributed by atoms with Crippen molar-refractivity contribution in [3.05, 3.63) is 96.3 Å². The largest absolute Gasteiger partial charge is 0.354 e. The van der Waals surface area contributed by atoms with Crippen LogP contribution < -0.4 is 9.62 Å². The van der Waals surface area contributed by atoms with Gasteiger partial charge in [-0.05, 0) is 60.7 Å². The number of carbonyl (C=O) groups excluding carboxylic acids is 2. The highest BCUT2D eigenvalue weighted by Gasteiger charge is 2.33. The lowest BCUT2D eigenvalue weighted by atomic mass is 10.1. The van der Waals surface area contributed by atoms with E-state index >= 15 is 0 Å². The fourth-order valence-corrected chi connectivity index (χ4v) is 5.61. The molecule has 0 spiro atoms. The molecule has 208 valence electrons. The summed E-state index contributed by atoms with van der Waals surface area (Å²) in [7, 11) is -4.17. The molecule has 39 heavy (non-hydrogen) atoms. The molecule has 3 aromatic carbocycles. The summed E-state index contributed by atoms with van der Waals surface area (Å²) in [5.74, 6) is -1.11. The normalized spacial score (nSPS) is 12.1. The van der Waals surface area contributed by atoms with Gasteiger partial charge in [0.25, 0.3) is 10.0 Å². The van der Waals surface area contributed by atoms with E-state index in [9.17, 15) is 22.4 Å². The van der Waals surface area contributed by atoms with Crippen LogP contribution in [0.3, 0.4) is 0 Å². The highest BCUT2D eigenvalue weighted by Crippen LogP contribution is 2.24. The molecule has 0 aliphatic heterocycles. The summed E-state index contributed by atoms with van der Waals surface area (Å²) in [6, 6.07) is 21.5. The smallest absolute Gasteiger partial charge is 0.264 e. The minimum absolute atomic E-state index is 0.000298. The molecule has 0 aromatic heterocycles. The van der Waals surface area contributed by atoms with Crippen LogP contribution in [0.4, 0.5) is 10.1 Å². The zero-order chi connectivity index (χ0) is 28.4. The van der Waals surface area contributed by atoms with Crippen LogP contribution in [0.1, 0.15) is 32.8 Å². The number of amides is 2. The first-order valence-electron chi connectivity index (χ1n) is 13.1. The van der Waals surface area contributed by atoms with E-state index in [2.05, 4.69) is 5.32 Å². The first-order chi connectivity index (χ1) is 18.6. The first-order valence-corrected chi connectivity index (χ1v) is 14.5. The van der Waals surface area contributed by atoms with Gasteiger partial charge in [0, 0.05) is 13.1 Å². The van der Waals surface area contributed by atoms with Crippen molar-refractivity contribution in [1.29, 1.82) is 0 Å². The number of rotatable bonds is 13. The van der Waals surface area contributed by atoms with Gasteiger partial charge in [-0.3, -0.25) is 13.9 Å². The molecule has 0 fully saturated rings. The lowest BCUT2D eigenvalue weighted by Gasteiger charge is -2.33. The summed E-state index contributed by atoms with van der Waals surface area (Å²) >= 11 is 0. The third kappa shape index (κ3) is 8.13. The molecular formula is C30H36FN3O4S. The van der Waals surface area contributed by atoms with E-state index in [1.165, 1.54) is 29.2 Å². The molecule has 3 aromatic rings. The molecule has 0 aliphatic rings. The second kappa shape index (κ2) is 13.9. The predicted molar refractivity (Wildman–Crippen MR) is 151 cm³/mol. The monoisotopic (exact) mass is 553 g/mol. The number of hydrogen-bond acceptors (Lipinski definition) is 4. The number of nitrogens with one attached hydrogen (secondary N) is 1. The average molecular weight is 554 g/mol. The maximum atomic E-state index is 13.9. The van der Waals surface area contributed by atoms with Crippen molar-refractivity contribution < 1.29 is 22.4 Å². The maximum absolute atomic E-state index is 13.9. The molecule has 9 heteroatoms. The lowest BCUT2D eigenvalue weighted by Crippen LogP contribution is -2.53. The maximum Gasteiger partial charge on any atom is 0.264 e. The van der Waals surface area contributed by atoms with Crippen molar-refractivity contribution in [3.63, 3.8) is 0 Å². The molecule has 0 aliphatic carbocycles. The zero-order valence-electron chi connectivity index (χ0n) is 22.6. The third-order valence-corrected chi connectivity index (χ3v) is 8.07. The van der Waals surface area contributed by atoms with Crippen LogP contribution in [0.15, 0.2) is 89.8 Å². The zero-order valence-corrected chi connectivity index (χ0v) is 23.4. The Hall–Kier alpha value is -3.72. The van der Waals surface area contributed by atoms with E-state index < -0.39 is 34.3 Å². The Labute approximate surface area is 230 Å². The lowest BCUT2D eigenvalue weighted by molar-refractivity contribution is -0.139. The van der Waals surface area contributed by atoms with Crippen LogP contribution >= 0.6 is 0 Å². The van der Waals surface area contributed by atoms with Gasteiger partial charge < -0.3 is 10.2 Å². The molecule has 0 saturated carbocycles. The van der Waals surface area contributed by atoms with Crippen LogP contribution in [0.2, 0.25) is 0 Å². The summed E-state index contributed by atoms with van der Waals surface area (Å²) in [5.41, 5.74) is 1.13. The highest BCUT2D eigenvalue weighted by atomic mass is 32.2. The van der Waals surface area contributed by atoms with E-state index in [4.69, 9.17) is 0 Å². The predicted octanol–water partition coefficient (Wildman–Crippen LogP) is 4.64. The Bertz CT molecular complexity index is 1320. The van der Waals surface area contributed by atoms with E-state index in [1.54, 1.807) is 18.2 Å². The third-order valence-electron chi connectivity index (χ3n) is 6.28. The Balaban J connectivity index is 1.97. The van der Waals surface area contributed by atoms with Gasteiger partial charge in [0.15, 0.2) is 0 Å². The van der Waals surface area contributed by atoms with Crippen molar-refractivity contribution in [2.45, 2.75) is 44.6 Å². The van der Waals surface area contributed by atoms with Crippen molar-refractivity contribution in [1.82, 2.24) is 10.2 Å². The average Bonchev–Trinajstić information content (AvgIpc) is 2.94. The van der Waals surface area contributed by atoms with E-state index in [0.717, 1.165) is 22.0 Å². The van der Waals surface area contributed by atoms with Crippen LogP contribution in [0, 0.1) is 11.7 Å². The number of benzene rings is 3. The number of halogens is 1. The quantitative estimate of drug-likeness (QED) is 0.334. The molecule has 0 saturated heterocycles. The van der Waals surface area contributed by atoms with Crippen LogP contribution in [-0.4, -0.2) is 50.8 Å². The van der Waals surface area contributed by atoms with Gasteiger partial charge in [-0.2, -0.15) is 0 Å². The van der Waals surface area contributed by atoms with Gasteiger partial charge in [0.05, 0.1) is 10.6 Å². The topological polar surface area (TPSA) is 86.8 Å². The van der Waals surface area contributed by atoms with Gasteiger partial charge in [0.1, 0.15) is 18.4 Å². The second-order valence-corrected chi connectivity index (χ2v) is 11.5.